The zero-order chi connectivity index (χ0) is 16.8. The van der Waals surface area contributed by atoms with Crippen LogP contribution >= 0.6 is 0 Å². The number of ether oxygens (including phenoxy) is 2. The number of rotatable bonds is 3. The molecule has 3 unspecified atom stereocenters. The molecule has 6 heteroatoms. The maximum absolute atomic E-state index is 6.41. The lowest BCUT2D eigenvalue weighted by Crippen LogP contribution is -2.27. The molecule has 4 heterocycles. The number of fused-ring (bicyclic) bond motifs is 3. The fourth-order valence-electron chi connectivity index (χ4n) is 4.55. The second-order valence-electron chi connectivity index (χ2n) is 7.47. The Morgan fingerprint density at radius 2 is 2.04 bits per heavy atom. The van der Waals surface area contributed by atoms with Crippen molar-refractivity contribution in [2.75, 3.05) is 13.2 Å². The van der Waals surface area contributed by atoms with Crippen LogP contribution in [0, 0.1) is 5.92 Å². The Hall–Kier alpha value is -1.92. The molecular formula is C19H24N4O2. The molecule has 3 atom stereocenters. The van der Waals surface area contributed by atoms with E-state index in [1.54, 1.807) is 0 Å². The van der Waals surface area contributed by atoms with E-state index in [0.29, 0.717) is 24.0 Å². The van der Waals surface area contributed by atoms with Crippen molar-refractivity contribution in [1.82, 2.24) is 19.4 Å². The highest BCUT2D eigenvalue weighted by Gasteiger charge is 2.36. The average Bonchev–Trinajstić information content (AvgIpc) is 3.32. The fourth-order valence-corrected chi connectivity index (χ4v) is 4.55. The molecule has 0 aromatic carbocycles. The fraction of sp³-hybridized carbons (Fsp3) is 0.579. The molecule has 132 valence electrons. The SMILES string of the molecule is CC1CC(OC2CCOCC2)CC1c1cnc2cnc3[nH]ccc3n12. The number of hydrogen-bond acceptors (Lipinski definition) is 4. The van der Waals surface area contributed by atoms with Gasteiger partial charge in [0.2, 0.25) is 0 Å². The predicted octanol–water partition coefficient (Wildman–Crippen LogP) is 3.29. The molecule has 6 nitrogen and oxygen atoms in total. The molecule has 1 N–H and O–H groups in total. The molecule has 5 rings (SSSR count). The topological polar surface area (TPSA) is 64.4 Å². The first-order chi connectivity index (χ1) is 12.3. The number of aromatic nitrogens is 4. The predicted molar refractivity (Wildman–Crippen MR) is 94.7 cm³/mol. The van der Waals surface area contributed by atoms with Gasteiger partial charge in [-0.1, -0.05) is 6.92 Å². The Balaban J connectivity index is 1.43. The minimum absolute atomic E-state index is 0.345. The van der Waals surface area contributed by atoms with Gasteiger partial charge < -0.3 is 14.5 Å². The van der Waals surface area contributed by atoms with Crippen molar-refractivity contribution < 1.29 is 9.47 Å². The molecule has 1 aliphatic heterocycles. The van der Waals surface area contributed by atoms with Crippen LogP contribution in [0.4, 0.5) is 0 Å². The standard InChI is InChI=1S/C19H24N4O2/c1-12-8-14(25-13-3-6-24-7-4-13)9-15(12)17-10-21-18-11-22-19-16(23(17)18)2-5-20-19/h2,5,10-15,20H,3-4,6-9H2,1H3. The van der Waals surface area contributed by atoms with Gasteiger partial charge in [0.15, 0.2) is 11.3 Å². The minimum atomic E-state index is 0.345. The molecule has 0 spiro atoms. The Bertz CT molecular complexity index is 880. The number of imidazole rings is 1. The summed E-state index contributed by atoms with van der Waals surface area (Å²) in [5.74, 6) is 1.06. The van der Waals surface area contributed by atoms with Gasteiger partial charge in [-0.05, 0) is 37.7 Å². The largest absolute Gasteiger partial charge is 0.381 e. The van der Waals surface area contributed by atoms with Crippen LogP contribution < -0.4 is 0 Å². The quantitative estimate of drug-likeness (QED) is 0.795. The summed E-state index contributed by atoms with van der Waals surface area (Å²) in [5.41, 5.74) is 4.22. The Kier molecular flexibility index (Phi) is 3.75. The molecule has 3 aromatic heterocycles. The van der Waals surface area contributed by atoms with Crippen molar-refractivity contribution in [2.24, 2.45) is 5.92 Å². The van der Waals surface area contributed by atoms with E-state index in [2.05, 4.69) is 32.3 Å². The van der Waals surface area contributed by atoms with Gasteiger partial charge in [-0.25, -0.2) is 9.97 Å². The highest BCUT2D eigenvalue weighted by Crippen LogP contribution is 2.42. The Morgan fingerprint density at radius 1 is 1.16 bits per heavy atom. The van der Waals surface area contributed by atoms with E-state index in [-0.39, 0.29) is 0 Å². The molecule has 0 radical (unpaired) electrons. The van der Waals surface area contributed by atoms with Crippen LogP contribution in [0.25, 0.3) is 16.8 Å². The van der Waals surface area contributed by atoms with Crippen molar-refractivity contribution in [3.05, 3.63) is 30.4 Å². The maximum Gasteiger partial charge on any atom is 0.156 e. The van der Waals surface area contributed by atoms with Gasteiger partial charge in [0.05, 0.1) is 23.9 Å². The minimum Gasteiger partial charge on any atom is -0.381 e. The molecule has 1 saturated heterocycles. The summed E-state index contributed by atoms with van der Waals surface area (Å²) in [6.45, 7) is 4.01. The number of H-pyrrole nitrogens is 1. The molecule has 0 amide bonds. The molecule has 0 bridgehead atoms. The molecule has 25 heavy (non-hydrogen) atoms. The number of nitrogens with zero attached hydrogens (tertiary/aromatic N) is 3. The number of hydrogen-bond donors (Lipinski definition) is 1. The molecule has 1 aliphatic carbocycles. The molecular weight excluding hydrogens is 316 g/mol. The van der Waals surface area contributed by atoms with Crippen LogP contribution in [0.5, 0.6) is 0 Å². The van der Waals surface area contributed by atoms with E-state index >= 15 is 0 Å². The summed E-state index contributed by atoms with van der Waals surface area (Å²) in [6, 6.07) is 2.08. The Labute approximate surface area is 146 Å². The summed E-state index contributed by atoms with van der Waals surface area (Å²) in [5, 5.41) is 0. The van der Waals surface area contributed by atoms with Gasteiger partial charge >= 0.3 is 0 Å². The second-order valence-corrected chi connectivity index (χ2v) is 7.47. The van der Waals surface area contributed by atoms with Crippen LogP contribution in [0.1, 0.15) is 44.2 Å². The molecule has 2 fully saturated rings. The van der Waals surface area contributed by atoms with E-state index < -0.39 is 0 Å². The van der Waals surface area contributed by atoms with Crippen molar-refractivity contribution in [2.45, 2.75) is 50.7 Å². The third-order valence-corrected chi connectivity index (χ3v) is 5.84. The van der Waals surface area contributed by atoms with Gasteiger partial charge in [0, 0.05) is 37.2 Å². The Morgan fingerprint density at radius 3 is 2.92 bits per heavy atom. The van der Waals surface area contributed by atoms with Gasteiger partial charge in [0.1, 0.15) is 0 Å². The normalized spacial score (nSPS) is 28.3. The van der Waals surface area contributed by atoms with Gasteiger partial charge in [-0.2, -0.15) is 0 Å². The zero-order valence-corrected chi connectivity index (χ0v) is 14.5. The second kappa shape index (κ2) is 6.11. The van der Waals surface area contributed by atoms with Gasteiger partial charge in [0.25, 0.3) is 0 Å². The number of aromatic amines is 1. The first kappa shape index (κ1) is 15.3. The summed E-state index contributed by atoms with van der Waals surface area (Å²) >= 11 is 0. The van der Waals surface area contributed by atoms with Crippen LogP contribution in [0.2, 0.25) is 0 Å². The monoisotopic (exact) mass is 340 g/mol. The summed E-state index contributed by atoms with van der Waals surface area (Å²) in [7, 11) is 0. The summed E-state index contributed by atoms with van der Waals surface area (Å²) in [4.78, 5) is 12.2. The third-order valence-electron chi connectivity index (χ3n) is 5.84. The summed E-state index contributed by atoms with van der Waals surface area (Å²) < 4.78 is 14.1. The van der Waals surface area contributed by atoms with Gasteiger partial charge in [-0.3, -0.25) is 4.40 Å². The van der Waals surface area contributed by atoms with Crippen molar-refractivity contribution in [1.29, 1.82) is 0 Å². The average molecular weight is 340 g/mol. The van der Waals surface area contributed by atoms with Crippen LogP contribution in [-0.2, 0) is 9.47 Å². The van der Waals surface area contributed by atoms with Crippen molar-refractivity contribution in [3.63, 3.8) is 0 Å². The molecule has 1 saturated carbocycles. The van der Waals surface area contributed by atoms with Crippen LogP contribution in [-0.4, -0.2) is 44.8 Å². The lowest BCUT2D eigenvalue weighted by Gasteiger charge is -2.25. The lowest BCUT2D eigenvalue weighted by atomic mass is 9.95. The highest BCUT2D eigenvalue weighted by atomic mass is 16.5. The van der Waals surface area contributed by atoms with E-state index in [9.17, 15) is 0 Å². The molecule has 3 aromatic rings. The lowest BCUT2D eigenvalue weighted by molar-refractivity contribution is -0.0666. The van der Waals surface area contributed by atoms with Crippen molar-refractivity contribution >= 4 is 16.8 Å². The van der Waals surface area contributed by atoms with Crippen LogP contribution in [0.3, 0.4) is 0 Å². The highest BCUT2D eigenvalue weighted by molar-refractivity contribution is 5.74. The molecule has 2 aliphatic rings. The zero-order valence-electron chi connectivity index (χ0n) is 14.5. The third kappa shape index (κ3) is 2.64. The van der Waals surface area contributed by atoms with E-state index in [1.165, 1.54) is 5.69 Å². The smallest absolute Gasteiger partial charge is 0.156 e. The van der Waals surface area contributed by atoms with Crippen LogP contribution in [0.15, 0.2) is 24.7 Å². The maximum atomic E-state index is 6.41. The first-order valence-corrected chi connectivity index (χ1v) is 9.32. The van der Waals surface area contributed by atoms with Gasteiger partial charge in [-0.15, -0.1) is 0 Å². The first-order valence-electron chi connectivity index (χ1n) is 9.32. The van der Waals surface area contributed by atoms with Crippen molar-refractivity contribution in [3.8, 4) is 0 Å². The van der Waals surface area contributed by atoms with E-state index in [0.717, 1.165) is 55.7 Å². The van der Waals surface area contributed by atoms with E-state index in [4.69, 9.17) is 9.47 Å². The van der Waals surface area contributed by atoms with E-state index in [1.807, 2.05) is 18.6 Å². The summed E-state index contributed by atoms with van der Waals surface area (Å²) in [6.07, 6.45) is 10.8. The number of nitrogens with one attached hydrogen (secondary N) is 1.